The van der Waals surface area contributed by atoms with Crippen LogP contribution in [0.4, 0.5) is 4.79 Å². The Morgan fingerprint density at radius 3 is 1.84 bits per heavy atom. The number of nitrogens with two attached hydrogens (primary N) is 2. The molecule has 0 atom stereocenters. The van der Waals surface area contributed by atoms with Crippen LogP contribution < -0.4 is 16.9 Å². The zero-order valence-corrected chi connectivity index (χ0v) is 19.1. The van der Waals surface area contributed by atoms with Gasteiger partial charge in [-0.2, -0.15) is 5.48 Å². The van der Waals surface area contributed by atoms with Crippen molar-refractivity contribution in [3.05, 3.63) is 0 Å². The lowest BCUT2D eigenvalue weighted by atomic mass is 10.2. The Labute approximate surface area is 184 Å². The average molecular weight is 453 g/mol. The van der Waals surface area contributed by atoms with Crippen LogP contribution in [0.25, 0.3) is 0 Å². The number of carbonyl (C=O) groups excluding carboxylic acids is 2. The Morgan fingerprint density at radius 2 is 1.29 bits per heavy atom. The first-order chi connectivity index (χ1) is 14.8. The van der Waals surface area contributed by atoms with Crippen molar-refractivity contribution in [3.8, 4) is 0 Å². The number of nitrogens with zero attached hydrogens (tertiary/aromatic N) is 1. The molecule has 0 heterocycles. The normalized spacial score (nSPS) is 11.4. The number of amides is 2. The van der Waals surface area contributed by atoms with Crippen molar-refractivity contribution in [2.75, 3.05) is 85.6 Å². The van der Waals surface area contributed by atoms with Crippen LogP contribution in [-0.4, -0.2) is 108 Å². The molecule has 0 aliphatic carbocycles. The van der Waals surface area contributed by atoms with Gasteiger partial charge in [-0.1, -0.05) is 0 Å². The van der Waals surface area contributed by atoms with Crippen LogP contribution in [0, 0.1) is 0 Å². The van der Waals surface area contributed by atoms with E-state index in [9.17, 15) is 9.59 Å². The highest BCUT2D eigenvalue weighted by atomic mass is 16.7. The molecular weight excluding hydrogens is 412 g/mol. The highest BCUT2D eigenvalue weighted by molar-refractivity contribution is 5.77. The van der Waals surface area contributed by atoms with Crippen molar-refractivity contribution in [3.63, 3.8) is 0 Å². The summed E-state index contributed by atoms with van der Waals surface area (Å²) in [5.41, 5.74) is 12.3. The fourth-order valence-electron chi connectivity index (χ4n) is 2.06. The number of nitrogens with one attached hydrogen (secondary N) is 1. The molecule has 0 aromatic heterocycles. The highest BCUT2D eigenvalue weighted by Gasteiger charge is 2.16. The fourth-order valence-corrected chi connectivity index (χ4v) is 2.06. The summed E-state index contributed by atoms with van der Waals surface area (Å²) in [5, 5.41) is 0. The number of ether oxygens (including phenoxy) is 5. The van der Waals surface area contributed by atoms with Crippen molar-refractivity contribution in [2.24, 2.45) is 11.5 Å². The van der Waals surface area contributed by atoms with Gasteiger partial charge >= 0.3 is 6.09 Å². The molecule has 0 radical (unpaired) electrons. The minimum atomic E-state index is -0.666. The molecule has 2 amide bonds. The third-order valence-electron chi connectivity index (χ3n) is 3.37. The standard InChI is InChI=1S/C19H40N4O8/c1-19(2,3)31-18(25)22-30-15-14-28-12-13-29-16-17(24)23(6-10-26-8-4-20)7-11-27-9-5-21/h4-16,20-21H2,1-3H3,(H,22,25). The summed E-state index contributed by atoms with van der Waals surface area (Å²) in [6.07, 6.45) is -0.666. The Bertz CT molecular complexity index is 451. The molecule has 0 spiro atoms. The predicted octanol–water partition coefficient (Wildman–Crippen LogP) is -0.745. The molecule has 12 nitrogen and oxygen atoms in total. The van der Waals surface area contributed by atoms with Gasteiger partial charge in [0.2, 0.25) is 5.91 Å². The maximum absolute atomic E-state index is 12.3. The smallest absolute Gasteiger partial charge is 0.431 e. The van der Waals surface area contributed by atoms with Gasteiger partial charge in [-0.15, -0.1) is 0 Å². The Balaban J connectivity index is 3.85. The van der Waals surface area contributed by atoms with E-state index in [1.165, 1.54) is 0 Å². The fraction of sp³-hybridized carbons (Fsp3) is 0.895. The number of hydrogen-bond donors (Lipinski definition) is 3. The van der Waals surface area contributed by atoms with Crippen LogP contribution in [0.3, 0.4) is 0 Å². The van der Waals surface area contributed by atoms with Crippen LogP contribution in [0.2, 0.25) is 0 Å². The van der Waals surface area contributed by atoms with Crippen LogP contribution in [0.15, 0.2) is 0 Å². The van der Waals surface area contributed by atoms with Crippen LogP contribution >= 0.6 is 0 Å². The molecule has 0 saturated heterocycles. The molecule has 184 valence electrons. The third-order valence-corrected chi connectivity index (χ3v) is 3.37. The molecule has 0 aromatic carbocycles. The SMILES string of the molecule is CC(C)(C)OC(=O)NOCCOCCOCC(=O)N(CCOCCN)CCOCCN. The van der Waals surface area contributed by atoms with Crippen molar-refractivity contribution in [1.82, 2.24) is 10.4 Å². The van der Waals surface area contributed by atoms with Crippen LogP contribution in [0.5, 0.6) is 0 Å². The van der Waals surface area contributed by atoms with Gasteiger partial charge in [0.1, 0.15) is 12.2 Å². The summed E-state index contributed by atoms with van der Waals surface area (Å²) < 4.78 is 26.4. The monoisotopic (exact) mass is 452 g/mol. The molecule has 12 heteroatoms. The molecular formula is C19H40N4O8. The molecule has 0 aromatic rings. The summed E-state index contributed by atoms with van der Waals surface area (Å²) in [6, 6.07) is 0. The van der Waals surface area contributed by atoms with Crippen molar-refractivity contribution < 1.29 is 38.1 Å². The van der Waals surface area contributed by atoms with Gasteiger partial charge in [0, 0.05) is 26.2 Å². The van der Waals surface area contributed by atoms with E-state index in [-0.39, 0.29) is 38.9 Å². The maximum Gasteiger partial charge on any atom is 0.431 e. The summed E-state index contributed by atoms with van der Waals surface area (Å²) >= 11 is 0. The number of carbonyl (C=O) groups is 2. The summed E-state index contributed by atoms with van der Waals surface area (Å²) in [7, 11) is 0. The van der Waals surface area contributed by atoms with Crippen molar-refractivity contribution in [2.45, 2.75) is 26.4 Å². The van der Waals surface area contributed by atoms with E-state index < -0.39 is 11.7 Å². The lowest BCUT2D eigenvalue weighted by Gasteiger charge is -2.22. The molecule has 0 bridgehead atoms. The minimum Gasteiger partial charge on any atom is -0.442 e. The van der Waals surface area contributed by atoms with Crippen LogP contribution in [0.1, 0.15) is 20.8 Å². The predicted molar refractivity (Wildman–Crippen MR) is 113 cm³/mol. The van der Waals surface area contributed by atoms with E-state index in [0.717, 1.165) is 0 Å². The lowest BCUT2D eigenvalue weighted by molar-refractivity contribution is -0.138. The van der Waals surface area contributed by atoms with Gasteiger partial charge in [0.15, 0.2) is 0 Å². The van der Waals surface area contributed by atoms with Crippen molar-refractivity contribution >= 4 is 12.0 Å². The Hall–Kier alpha value is -1.54. The number of hydrogen-bond acceptors (Lipinski definition) is 10. The maximum atomic E-state index is 12.3. The minimum absolute atomic E-state index is 0.0756. The van der Waals surface area contributed by atoms with E-state index in [1.807, 2.05) is 0 Å². The second kappa shape index (κ2) is 19.2. The van der Waals surface area contributed by atoms with Gasteiger partial charge in [-0.05, 0) is 20.8 Å². The first-order valence-corrected chi connectivity index (χ1v) is 10.4. The summed E-state index contributed by atoms with van der Waals surface area (Å²) in [6.45, 7) is 9.47. The van der Waals surface area contributed by atoms with E-state index in [1.54, 1.807) is 25.7 Å². The molecule has 0 aliphatic heterocycles. The van der Waals surface area contributed by atoms with Gasteiger partial charge in [0.25, 0.3) is 0 Å². The van der Waals surface area contributed by atoms with E-state index in [4.69, 9.17) is 40.0 Å². The molecule has 0 unspecified atom stereocenters. The third kappa shape index (κ3) is 20.1. The van der Waals surface area contributed by atoms with Gasteiger partial charge in [0.05, 0.1) is 52.9 Å². The molecule has 0 rings (SSSR count). The molecule has 0 fully saturated rings. The highest BCUT2D eigenvalue weighted by Crippen LogP contribution is 2.06. The number of hydroxylamine groups is 1. The van der Waals surface area contributed by atoms with Gasteiger partial charge in [-0.25, -0.2) is 4.79 Å². The molecule has 0 aliphatic rings. The second-order valence-electron chi connectivity index (χ2n) is 7.30. The summed E-state index contributed by atoms with van der Waals surface area (Å²) in [5.74, 6) is -0.169. The zero-order valence-electron chi connectivity index (χ0n) is 19.1. The van der Waals surface area contributed by atoms with Crippen LogP contribution in [-0.2, 0) is 33.3 Å². The molecule has 31 heavy (non-hydrogen) atoms. The first-order valence-electron chi connectivity index (χ1n) is 10.4. The van der Waals surface area contributed by atoms with Gasteiger partial charge < -0.3 is 40.1 Å². The quantitative estimate of drug-likeness (QED) is 0.168. The van der Waals surface area contributed by atoms with E-state index in [2.05, 4.69) is 5.48 Å². The topological polar surface area (TPSA) is 157 Å². The van der Waals surface area contributed by atoms with Gasteiger partial charge in [-0.3, -0.25) is 9.63 Å². The zero-order chi connectivity index (χ0) is 23.4. The average Bonchev–Trinajstić information content (AvgIpc) is 2.69. The molecule has 0 saturated carbocycles. The van der Waals surface area contributed by atoms with Crippen molar-refractivity contribution in [1.29, 1.82) is 0 Å². The molecule has 5 N–H and O–H groups in total. The van der Waals surface area contributed by atoms with E-state index in [0.29, 0.717) is 52.6 Å². The Kier molecular flexibility index (Phi) is 18.2. The Morgan fingerprint density at radius 1 is 0.774 bits per heavy atom. The largest absolute Gasteiger partial charge is 0.442 e. The summed E-state index contributed by atoms with van der Waals surface area (Å²) in [4.78, 5) is 30.3. The number of rotatable bonds is 19. The first kappa shape index (κ1) is 29.5. The lowest BCUT2D eigenvalue weighted by Crippen LogP contribution is -2.39. The van der Waals surface area contributed by atoms with E-state index >= 15 is 0 Å². The second-order valence-corrected chi connectivity index (χ2v) is 7.30.